The lowest BCUT2D eigenvalue weighted by atomic mass is 10.1. The van der Waals surface area contributed by atoms with Gasteiger partial charge in [0, 0.05) is 25.0 Å². The molecular formula is C11H21N5. The molecule has 0 saturated carbocycles. The van der Waals surface area contributed by atoms with E-state index in [9.17, 15) is 0 Å². The second kappa shape index (κ2) is 4.82. The summed E-state index contributed by atoms with van der Waals surface area (Å²) >= 11 is 0. The molecule has 1 aliphatic rings. The maximum Gasteiger partial charge on any atom is 0.244 e. The van der Waals surface area contributed by atoms with Crippen molar-refractivity contribution < 1.29 is 0 Å². The van der Waals surface area contributed by atoms with Crippen LogP contribution in [-0.2, 0) is 0 Å². The van der Waals surface area contributed by atoms with E-state index < -0.39 is 0 Å². The van der Waals surface area contributed by atoms with Gasteiger partial charge in [0.1, 0.15) is 5.82 Å². The fourth-order valence-electron chi connectivity index (χ4n) is 2.01. The zero-order valence-electron chi connectivity index (χ0n) is 10.1. The van der Waals surface area contributed by atoms with Gasteiger partial charge in [0.05, 0.1) is 0 Å². The molecule has 1 aromatic rings. The highest BCUT2D eigenvalue weighted by Crippen LogP contribution is 2.19. The second-order valence-electron chi connectivity index (χ2n) is 4.68. The molecule has 2 unspecified atom stereocenters. The Morgan fingerprint density at radius 3 is 3.12 bits per heavy atom. The van der Waals surface area contributed by atoms with Gasteiger partial charge in [-0.25, -0.2) is 0 Å². The van der Waals surface area contributed by atoms with Gasteiger partial charge in [-0.15, -0.1) is 5.10 Å². The summed E-state index contributed by atoms with van der Waals surface area (Å²) in [5, 5.41) is 7.30. The molecule has 16 heavy (non-hydrogen) atoms. The van der Waals surface area contributed by atoms with Crippen molar-refractivity contribution in [3.05, 3.63) is 5.82 Å². The molecule has 0 radical (unpaired) electrons. The van der Waals surface area contributed by atoms with Gasteiger partial charge in [-0.05, 0) is 19.3 Å². The minimum atomic E-state index is 0.263. The summed E-state index contributed by atoms with van der Waals surface area (Å²) in [5.74, 6) is 2.24. The molecule has 0 bridgehead atoms. The average molecular weight is 223 g/mol. The first kappa shape index (κ1) is 11.4. The van der Waals surface area contributed by atoms with Crippen molar-refractivity contribution in [2.45, 2.75) is 45.1 Å². The molecule has 3 N–H and O–H groups in total. The normalized spacial score (nSPS) is 23.4. The van der Waals surface area contributed by atoms with Crippen molar-refractivity contribution in [1.82, 2.24) is 15.2 Å². The Morgan fingerprint density at radius 1 is 1.62 bits per heavy atom. The quantitative estimate of drug-likeness (QED) is 0.809. The summed E-state index contributed by atoms with van der Waals surface area (Å²) < 4.78 is 0. The van der Waals surface area contributed by atoms with Crippen LogP contribution in [0.25, 0.3) is 0 Å². The van der Waals surface area contributed by atoms with Gasteiger partial charge in [0.2, 0.25) is 5.95 Å². The molecule has 2 rings (SSSR count). The van der Waals surface area contributed by atoms with E-state index in [-0.39, 0.29) is 6.04 Å². The number of piperidine rings is 1. The Labute approximate surface area is 96.4 Å². The van der Waals surface area contributed by atoms with Crippen molar-refractivity contribution in [3.8, 4) is 0 Å². The van der Waals surface area contributed by atoms with Crippen LogP contribution in [0.4, 0.5) is 5.95 Å². The van der Waals surface area contributed by atoms with Gasteiger partial charge in [-0.1, -0.05) is 13.8 Å². The summed E-state index contributed by atoms with van der Waals surface area (Å²) in [7, 11) is 0. The first-order valence-corrected chi connectivity index (χ1v) is 6.13. The maximum absolute atomic E-state index is 5.95. The van der Waals surface area contributed by atoms with Crippen molar-refractivity contribution in [2.24, 2.45) is 5.73 Å². The number of nitrogens with zero attached hydrogens (tertiary/aromatic N) is 3. The van der Waals surface area contributed by atoms with Crippen LogP contribution in [-0.4, -0.2) is 34.3 Å². The highest BCUT2D eigenvalue weighted by molar-refractivity contribution is 5.30. The SMILES string of the molecule is CCC(C)c1nc(N2CCCC(N)C2)n[nH]1. The van der Waals surface area contributed by atoms with Crippen LogP contribution in [0.5, 0.6) is 0 Å². The van der Waals surface area contributed by atoms with Crippen LogP contribution in [0.3, 0.4) is 0 Å². The summed E-state index contributed by atoms with van der Waals surface area (Å²) in [4.78, 5) is 6.72. The topological polar surface area (TPSA) is 70.8 Å². The molecule has 5 nitrogen and oxygen atoms in total. The maximum atomic E-state index is 5.95. The third kappa shape index (κ3) is 2.35. The third-order valence-corrected chi connectivity index (χ3v) is 3.31. The number of hydrogen-bond acceptors (Lipinski definition) is 4. The Bertz CT molecular complexity index is 335. The lowest BCUT2D eigenvalue weighted by Crippen LogP contribution is -2.43. The first-order valence-electron chi connectivity index (χ1n) is 6.13. The standard InChI is InChI=1S/C11H21N5/c1-3-8(2)10-13-11(15-14-10)16-6-4-5-9(12)7-16/h8-9H,3-7,12H2,1-2H3,(H,13,14,15). The third-order valence-electron chi connectivity index (χ3n) is 3.31. The largest absolute Gasteiger partial charge is 0.338 e. The van der Waals surface area contributed by atoms with Crippen LogP contribution < -0.4 is 10.6 Å². The Kier molecular flexibility index (Phi) is 3.43. The molecule has 1 saturated heterocycles. The van der Waals surface area contributed by atoms with Crippen LogP contribution in [0.1, 0.15) is 44.9 Å². The number of rotatable bonds is 3. The Hall–Kier alpha value is -1.10. The molecule has 90 valence electrons. The van der Waals surface area contributed by atoms with Gasteiger partial charge in [0.15, 0.2) is 0 Å². The number of hydrogen-bond donors (Lipinski definition) is 2. The van der Waals surface area contributed by atoms with Crippen LogP contribution in [0.2, 0.25) is 0 Å². The Balaban J connectivity index is 2.06. The van der Waals surface area contributed by atoms with Gasteiger partial charge in [-0.3, -0.25) is 5.10 Å². The number of nitrogens with one attached hydrogen (secondary N) is 1. The van der Waals surface area contributed by atoms with Crippen molar-refractivity contribution in [2.75, 3.05) is 18.0 Å². The lowest BCUT2D eigenvalue weighted by Gasteiger charge is -2.29. The smallest absolute Gasteiger partial charge is 0.244 e. The van der Waals surface area contributed by atoms with E-state index in [0.29, 0.717) is 5.92 Å². The highest BCUT2D eigenvalue weighted by Gasteiger charge is 2.20. The molecule has 1 aromatic heterocycles. The number of aromatic amines is 1. The van der Waals surface area contributed by atoms with Gasteiger partial charge in [0.25, 0.3) is 0 Å². The zero-order valence-corrected chi connectivity index (χ0v) is 10.1. The van der Waals surface area contributed by atoms with Crippen molar-refractivity contribution in [3.63, 3.8) is 0 Å². The van der Waals surface area contributed by atoms with Gasteiger partial charge >= 0.3 is 0 Å². The molecule has 0 amide bonds. The second-order valence-corrected chi connectivity index (χ2v) is 4.68. The number of anilines is 1. The molecule has 1 aliphatic heterocycles. The summed E-state index contributed by atoms with van der Waals surface area (Å²) in [5.41, 5.74) is 5.95. The minimum absolute atomic E-state index is 0.263. The van der Waals surface area contributed by atoms with E-state index >= 15 is 0 Å². The van der Waals surface area contributed by atoms with Crippen molar-refractivity contribution in [1.29, 1.82) is 0 Å². The molecule has 0 spiro atoms. The molecule has 2 atom stereocenters. The zero-order chi connectivity index (χ0) is 11.5. The van der Waals surface area contributed by atoms with E-state index in [1.165, 1.54) is 0 Å². The van der Waals surface area contributed by atoms with Gasteiger partial charge < -0.3 is 10.6 Å². The minimum Gasteiger partial charge on any atom is -0.338 e. The lowest BCUT2D eigenvalue weighted by molar-refractivity contribution is 0.500. The Morgan fingerprint density at radius 2 is 2.44 bits per heavy atom. The van der Waals surface area contributed by atoms with Crippen molar-refractivity contribution >= 4 is 5.95 Å². The molecule has 1 fully saturated rings. The molecular weight excluding hydrogens is 202 g/mol. The number of aromatic nitrogens is 3. The molecule has 5 heteroatoms. The predicted octanol–water partition coefficient (Wildman–Crippen LogP) is 1.25. The van der Waals surface area contributed by atoms with Crippen LogP contribution in [0, 0.1) is 0 Å². The monoisotopic (exact) mass is 223 g/mol. The highest BCUT2D eigenvalue weighted by atomic mass is 15.4. The van der Waals surface area contributed by atoms with E-state index in [4.69, 9.17) is 5.73 Å². The van der Waals surface area contributed by atoms with E-state index in [2.05, 4.69) is 33.9 Å². The predicted molar refractivity (Wildman–Crippen MR) is 64.5 cm³/mol. The van der Waals surface area contributed by atoms with Gasteiger partial charge in [-0.2, -0.15) is 4.98 Å². The van der Waals surface area contributed by atoms with E-state index in [1.54, 1.807) is 0 Å². The molecule has 0 aliphatic carbocycles. The fourth-order valence-corrected chi connectivity index (χ4v) is 2.01. The molecule has 2 heterocycles. The summed E-state index contributed by atoms with van der Waals surface area (Å²) in [6.07, 6.45) is 3.32. The summed E-state index contributed by atoms with van der Waals surface area (Å²) in [6.45, 7) is 6.21. The molecule has 0 aromatic carbocycles. The van der Waals surface area contributed by atoms with Crippen LogP contribution in [0.15, 0.2) is 0 Å². The first-order chi connectivity index (χ1) is 7.70. The van der Waals surface area contributed by atoms with Crippen LogP contribution >= 0.6 is 0 Å². The van der Waals surface area contributed by atoms with E-state index in [1.807, 2.05) is 0 Å². The summed E-state index contributed by atoms with van der Waals surface area (Å²) in [6, 6.07) is 0.263. The average Bonchev–Trinajstić information content (AvgIpc) is 2.77. The number of H-pyrrole nitrogens is 1. The van der Waals surface area contributed by atoms with E-state index in [0.717, 1.165) is 44.1 Å². The number of nitrogens with two attached hydrogens (primary N) is 1. The fraction of sp³-hybridized carbons (Fsp3) is 0.818.